The number of ether oxygens (including phenoxy) is 1. The van der Waals surface area contributed by atoms with Crippen molar-refractivity contribution < 1.29 is 14.3 Å². The van der Waals surface area contributed by atoms with Gasteiger partial charge in [-0.05, 0) is 29.0 Å². The molecule has 0 radical (unpaired) electrons. The minimum Gasteiger partial charge on any atom is -0.465 e. The molecule has 2 aromatic carbocycles. The summed E-state index contributed by atoms with van der Waals surface area (Å²) in [4.78, 5) is 23.5. The van der Waals surface area contributed by atoms with Crippen LogP contribution in [0, 0.1) is 5.92 Å². The predicted molar refractivity (Wildman–Crippen MR) is 90.1 cm³/mol. The van der Waals surface area contributed by atoms with Gasteiger partial charge in [-0.2, -0.15) is 0 Å². The molecule has 0 saturated heterocycles. The highest BCUT2D eigenvalue weighted by atomic mass is 16.5. The summed E-state index contributed by atoms with van der Waals surface area (Å²) in [7, 11) is 1.35. The molecule has 4 nitrogen and oxygen atoms in total. The maximum absolute atomic E-state index is 11.8. The zero-order valence-corrected chi connectivity index (χ0v) is 13.8. The highest BCUT2D eigenvalue weighted by Crippen LogP contribution is 2.23. The minimum atomic E-state index is -0.386. The van der Waals surface area contributed by atoms with Gasteiger partial charge in [0.25, 0.3) is 0 Å². The average Bonchev–Trinajstić information content (AvgIpc) is 2.55. The maximum atomic E-state index is 11.8. The Labute approximate surface area is 131 Å². The van der Waals surface area contributed by atoms with Gasteiger partial charge in [0.2, 0.25) is 5.91 Å². The van der Waals surface area contributed by atoms with Gasteiger partial charge in [-0.25, -0.2) is 4.79 Å². The van der Waals surface area contributed by atoms with Crippen LogP contribution in [-0.4, -0.2) is 19.0 Å². The van der Waals surface area contributed by atoms with Gasteiger partial charge in [0.15, 0.2) is 0 Å². The molecule has 0 aliphatic carbocycles. The third kappa shape index (κ3) is 4.07. The summed E-state index contributed by atoms with van der Waals surface area (Å²) < 4.78 is 4.78. The first-order valence-corrected chi connectivity index (χ1v) is 7.45. The first-order chi connectivity index (χ1) is 10.5. The molecule has 2 aromatic rings. The van der Waals surface area contributed by atoms with Gasteiger partial charge in [0.1, 0.15) is 0 Å². The largest absolute Gasteiger partial charge is 0.465 e. The lowest BCUT2D eigenvalue weighted by atomic mass is 10.0. The quantitative estimate of drug-likeness (QED) is 0.862. The number of carbonyl (C=O) groups is 2. The van der Waals surface area contributed by atoms with E-state index >= 15 is 0 Å². The minimum absolute atomic E-state index is 0.0556. The first-order valence-electron chi connectivity index (χ1n) is 7.45. The molecule has 0 aliphatic heterocycles. The molecule has 22 heavy (non-hydrogen) atoms. The molecule has 1 N–H and O–H groups in total. The number of carbonyl (C=O) groups excluding carboxylic acids is 2. The standard InChI is InChI=1S/C16H17NO3.C2H6/c1-10(2)15(18)17-12-8-7-11-5-4-6-13(14(11)9-12)16(19)20-3;1-2/h4-10H,1-3H3,(H,17,18);1-2H3. The van der Waals surface area contributed by atoms with Crippen LogP contribution < -0.4 is 5.32 Å². The van der Waals surface area contributed by atoms with Crippen molar-refractivity contribution in [2.75, 3.05) is 12.4 Å². The van der Waals surface area contributed by atoms with Crippen LogP contribution >= 0.6 is 0 Å². The predicted octanol–water partition coefficient (Wildman–Crippen LogP) is 4.25. The van der Waals surface area contributed by atoms with Crippen molar-refractivity contribution in [3.8, 4) is 0 Å². The molecular weight excluding hydrogens is 278 g/mol. The lowest BCUT2D eigenvalue weighted by molar-refractivity contribution is -0.118. The Balaban J connectivity index is 0.00000116. The van der Waals surface area contributed by atoms with E-state index in [1.165, 1.54) is 7.11 Å². The Hall–Kier alpha value is -2.36. The number of fused-ring (bicyclic) bond motifs is 1. The summed E-state index contributed by atoms with van der Waals surface area (Å²) >= 11 is 0. The SMILES string of the molecule is CC.COC(=O)c1cccc2ccc(NC(=O)C(C)C)cc12. The fourth-order valence-corrected chi connectivity index (χ4v) is 1.92. The Bertz CT molecular complexity index is 662. The summed E-state index contributed by atoms with van der Waals surface area (Å²) in [6.07, 6.45) is 0. The van der Waals surface area contributed by atoms with Crippen molar-refractivity contribution in [2.45, 2.75) is 27.7 Å². The molecular formula is C18H23NO3. The summed E-state index contributed by atoms with van der Waals surface area (Å²) in [5, 5.41) is 4.52. The van der Waals surface area contributed by atoms with E-state index < -0.39 is 0 Å². The van der Waals surface area contributed by atoms with Gasteiger partial charge in [-0.3, -0.25) is 4.79 Å². The van der Waals surface area contributed by atoms with Crippen LogP contribution in [0.4, 0.5) is 5.69 Å². The fraction of sp³-hybridized carbons (Fsp3) is 0.333. The second kappa shape index (κ2) is 8.17. The van der Waals surface area contributed by atoms with Crippen LogP contribution in [0.3, 0.4) is 0 Å². The molecule has 2 rings (SSSR count). The summed E-state index contributed by atoms with van der Waals surface area (Å²) in [5.74, 6) is -0.538. The van der Waals surface area contributed by atoms with Crippen LogP contribution in [-0.2, 0) is 9.53 Å². The van der Waals surface area contributed by atoms with Crippen LogP contribution in [0.25, 0.3) is 10.8 Å². The number of benzene rings is 2. The van der Waals surface area contributed by atoms with E-state index in [0.29, 0.717) is 11.3 Å². The smallest absolute Gasteiger partial charge is 0.338 e. The number of hydrogen-bond acceptors (Lipinski definition) is 3. The van der Waals surface area contributed by atoms with Crippen molar-refractivity contribution in [1.29, 1.82) is 0 Å². The highest BCUT2D eigenvalue weighted by Gasteiger charge is 2.12. The molecule has 118 valence electrons. The fourth-order valence-electron chi connectivity index (χ4n) is 1.92. The molecule has 0 aliphatic rings. The van der Waals surface area contributed by atoms with E-state index in [9.17, 15) is 9.59 Å². The zero-order chi connectivity index (χ0) is 16.7. The summed E-state index contributed by atoms with van der Waals surface area (Å²) in [6.45, 7) is 7.66. The van der Waals surface area contributed by atoms with Crippen molar-refractivity contribution in [3.63, 3.8) is 0 Å². The Kier molecular flexibility index (Phi) is 6.57. The first kappa shape index (κ1) is 17.7. The Morgan fingerprint density at radius 3 is 2.36 bits per heavy atom. The molecule has 1 amide bonds. The number of nitrogens with one attached hydrogen (secondary N) is 1. The van der Waals surface area contributed by atoms with Gasteiger partial charge < -0.3 is 10.1 Å². The number of hydrogen-bond donors (Lipinski definition) is 1. The third-order valence-electron chi connectivity index (χ3n) is 3.08. The van der Waals surface area contributed by atoms with Crippen LogP contribution in [0.5, 0.6) is 0 Å². The normalized spacial score (nSPS) is 9.91. The molecule has 0 saturated carbocycles. The monoisotopic (exact) mass is 301 g/mol. The van der Waals surface area contributed by atoms with E-state index in [1.54, 1.807) is 18.2 Å². The number of esters is 1. The van der Waals surface area contributed by atoms with Gasteiger partial charge in [0.05, 0.1) is 12.7 Å². The lowest BCUT2D eigenvalue weighted by Crippen LogP contribution is -2.17. The summed E-state index contributed by atoms with van der Waals surface area (Å²) in [6, 6.07) is 10.9. The summed E-state index contributed by atoms with van der Waals surface area (Å²) in [5.41, 5.74) is 1.16. The molecule has 0 unspecified atom stereocenters. The van der Waals surface area contributed by atoms with E-state index in [-0.39, 0.29) is 17.8 Å². The van der Waals surface area contributed by atoms with Crippen molar-refractivity contribution in [1.82, 2.24) is 0 Å². The maximum Gasteiger partial charge on any atom is 0.338 e. The molecule has 0 fully saturated rings. The van der Waals surface area contributed by atoms with E-state index in [1.807, 2.05) is 45.9 Å². The third-order valence-corrected chi connectivity index (χ3v) is 3.08. The Morgan fingerprint density at radius 1 is 1.09 bits per heavy atom. The van der Waals surface area contributed by atoms with Gasteiger partial charge >= 0.3 is 5.97 Å². The zero-order valence-electron chi connectivity index (χ0n) is 13.8. The lowest BCUT2D eigenvalue weighted by Gasteiger charge is -2.10. The highest BCUT2D eigenvalue weighted by molar-refractivity contribution is 6.06. The van der Waals surface area contributed by atoms with E-state index in [2.05, 4.69) is 5.32 Å². The van der Waals surface area contributed by atoms with Gasteiger partial charge in [-0.1, -0.05) is 45.9 Å². The van der Waals surface area contributed by atoms with E-state index in [0.717, 1.165) is 10.8 Å². The van der Waals surface area contributed by atoms with Crippen molar-refractivity contribution in [3.05, 3.63) is 42.0 Å². The molecule has 0 atom stereocenters. The topological polar surface area (TPSA) is 55.4 Å². The molecule has 4 heteroatoms. The van der Waals surface area contributed by atoms with Crippen LogP contribution in [0.1, 0.15) is 38.1 Å². The van der Waals surface area contributed by atoms with Crippen LogP contribution in [0.15, 0.2) is 36.4 Å². The molecule has 0 heterocycles. The van der Waals surface area contributed by atoms with Crippen molar-refractivity contribution in [2.24, 2.45) is 5.92 Å². The second-order valence-electron chi connectivity index (χ2n) is 4.88. The number of rotatable bonds is 3. The molecule has 0 spiro atoms. The molecule has 0 aromatic heterocycles. The number of methoxy groups -OCH3 is 1. The van der Waals surface area contributed by atoms with Crippen LogP contribution in [0.2, 0.25) is 0 Å². The average molecular weight is 301 g/mol. The second-order valence-corrected chi connectivity index (χ2v) is 4.88. The molecule has 0 bridgehead atoms. The van der Waals surface area contributed by atoms with Gasteiger partial charge in [0, 0.05) is 11.6 Å². The number of anilines is 1. The van der Waals surface area contributed by atoms with Crippen molar-refractivity contribution >= 4 is 28.3 Å². The van der Waals surface area contributed by atoms with E-state index in [4.69, 9.17) is 4.74 Å². The number of amides is 1. The Morgan fingerprint density at radius 2 is 1.77 bits per heavy atom. The van der Waals surface area contributed by atoms with Gasteiger partial charge in [-0.15, -0.1) is 0 Å².